The molecule has 2 atom stereocenters. The zero-order valence-corrected chi connectivity index (χ0v) is 14.3. The summed E-state index contributed by atoms with van der Waals surface area (Å²) < 4.78 is 0. The topological polar surface area (TPSA) is 87.3 Å². The maximum absolute atomic E-state index is 12.3. The van der Waals surface area contributed by atoms with E-state index in [0.717, 1.165) is 25.8 Å². The summed E-state index contributed by atoms with van der Waals surface area (Å²) in [6.07, 6.45) is 3.88. The van der Waals surface area contributed by atoms with Crippen molar-refractivity contribution in [1.29, 1.82) is 0 Å². The molecule has 1 amide bonds. The summed E-state index contributed by atoms with van der Waals surface area (Å²) in [6, 6.07) is -0.522. The van der Waals surface area contributed by atoms with Crippen molar-refractivity contribution >= 4 is 17.5 Å². The third kappa shape index (κ3) is 10.5. The molecule has 0 aliphatic rings. The van der Waals surface area contributed by atoms with E-state index in [1.807, 2.05) is 7.05 Å². The van der Waals surface area contributed by atoms with Crippen LogP contribution in [0.25, 0.3) is 0 Å². The average molecular weight is 313 g/mol. The van der Waals surface area contributed by atoms with Gasteiger partial charge in [-0.3, -0.25) is 9.59 Å². The summed E-state index contributed by atoms with van der Waals surface area (Å²) in [4.78, 5) is 34.7. The van der Waals surface area contributed by atoms with Crippen molar-refractivity contribution in [3.8, 4) is 0 Å². The van der Waals surface area contributed by atoms with E-state index < -0.39 is 0 Å². The minimum Gasteiger partial charge on any atom is -0.352 e. The second-order valence-electron chi connectivity index (χ2n) is 5.79. The molecule has 3 N–H and O–H groups in total. The number of likely N-dealkylation sites (N-methyl/N-ethyl adjacent to an activating group) is 1. The van der Waals surface area contributed by atoms with Gasteiger partial charge in [0, 0.05) is 18.9 Å². The summed E-state index contributed by atoms with van der Waals surface area (Å²) in [5.74, 6) is -0.00864. The van der Waals surface area contributed by atoms with Gasteiger partial charge in [0.2, 0.25) is 5.91 Å². The zero-order valence-electron chi connectivity index (χ0n) is 14.3. The zero-order chi connectivity index (χ0) is 17.0. The van der Waals surface area contributed by atoms with Crippen LogP contribution in [0.5, 0.6) is 0 Å². The van der Waals surface area contributed by atoms with Crippen LogP contribution in [0.1, 0.15) is 52.4 Å². The largest absolute Gasteiger partial charge is 0.352 e. The Balaban J connectivity index is 4.41. The molecule has 0 heterocycles. The maximum Gasteiger partial charge on any atom is 0.237 e. The van der Waals surface area contributed by atoms with Gasteiger partial charge < -0.3 is 20.7 Å². The number of carbonyl (C=O) groups is 3. The van der Waals surface area contributed by atoms with Gasteiger partial charge in [0.15, 0.2) is 0 Å². The molecule has 6 heteroatoms. The predicted molar refractivity (Wildman–Crippen MR) is 87.8 cm³/mol. The van der Waals surface area contributed by atoms with Crippen LogP contribution in [0.2, 0.25) is 0 Å². The van der Waals surface area contributed by atoms with Crippen LogP contribution in [0.4, 0.5) is 0 Å². The van der Waals surface area contributed by atoms with Gasteiger partial charge in [-0.1, -0.05) is 6.42 Å². The van der Waals surface area contributed by atoms with E-state index >= 15 is 0 Å². The second-order valence-corrected chi connectivity index (χ2v) is 5.79. The molecule has 0 spiro atoms. The van der Waals surface area contributed by atoms with Crippen LogP contribution in [0.15, 0.2) is 0 Å². The predicted octanol–water partition coefficient (Wildman–Crippen LogP) is 0.797. The summed E-state index contributed by atoms with van der Waals surface area (Å²) in [7, 11) is 3.67. The van der Waals surface area contributed by atoms with E-state index in [1.165, 1.54) is 13.8 Å². The van der Waals surface area contributed by atoms with Gasteiger partial charge in [-0.05, 0) is 53.8 Å². The molecular weight excluding hydrogens is 282 g/mol. The molecule has 0 aromatic rings. The Morgan fingerprint density at radius 3 is 2.14 bits per heavy atom. The molecule has 0 aliphatic carbocycles. The molecule has 0 fully saturated rings. The van der Waals surface area contributed by atoms with Crippen LogP contribution in [0, 0.1) is 0 Å². The average Bonchev–Trinajstić information content (AvgIpc) is 2.44. The highest BCUT2D eigenvalue weighted by Crippen LogP contribution is 2.06. The first-order valence-electron chi connectivity index (χ1n) is 8.01. The fraction of sp³-hybridized carbons (Fsp3) is 0.812. The SMILES string of the molecule is CNCCCCC(NC)C(=O)NC(CCC(C)=O)CC(C)=O. The molecule has 0 aromatic heterocycles. The van der Waals surface area contributed by atoms with Crippen LogP contribution in [-0.2, 0) is 14.4 Å². The Kier molecular flexibility index (Phi) is 11.6. The smallest absolute Gasteiger partial charge is 0.237 e. The van der Waals surface area contributed by atoms with Crippen LogP contribution >= 0.6 is 0 Å². The summed E-state index contributed by atoms with van der Waals surface area (Å²) in [5.41, 5.74) is 0. The van der Waals surface area contributed by atoms with Gasteiger partial charge in [0.25, 0.3) is 0 Å². The van der Waals surface area contributed by atoms with Crippen LogP contribution < -0.4 is 16.0 Å². The number of hydrogen-bond donors (Lipinski definition) is 3. The molecule has 0 saturated carbocycles. The third-order valence-corrected chi connectivity index (χ3v) is 3.56. The number of rotatable bonds is 13. The highest BCUT2D eigenvalue weighted by Gasteiger charge is 2.20. The molecule has 6 nitrogen and oxygen atoms in total. The fourth-order valence-corrected chi connectivity index (χ4v) is 2.31. The van der Waals surface area contributed by atoms with Gasteiger partial charge in [0.1, 0.15) is 11.6 Å². The molecule has 0 saturated heterocycles. The monoisotopic (exact) mass is 313 g/mol. The van der Waals surface area contributed by atoms with Crippen molar-refractivity contribution in [2.45, 2.75) is 64.5 Å². The fourth-order valence-electron chi connectivity index (χ4n) is 2.31. The number of unbranched alkanes of at least 4 members (excludes halogenated alkanes) is 1. The first kappa shape index (κ1) is 20.7. The van der Waals surface area contributed by atoms with E-state index in [4.69, 9.17) is 0 Å². The Hall–Kier alpha value is -1.27. The maximum atomic E-state index is 12.3. The number of nitrogens with one attached hydrogen (secondary N) is 3. The highest BCUT2D eigenvalue weighted by atomic mass is 16.2. The number of ketones is 2. The van der Waals surface area contributed by atoms with Gasteiger partial charge >= 0.3 is 0 Å². The van der Waals surface area contributed by atoms with Crippen molar-refractivity contribution < 1.29 is 14.4 Å². The molecule has 0 aromatic carbocycles. The molecule has 0 bridgehead atoms. The molecule has 2 unspecified atom stereocenters. The first-order valence-corrected chi connectivity index (χ1v) is 8.01. The minimum atomic E-state index is -0.262. The van der Waals surface area contributed by atoms with E-state index in [2.05, 4.69) is 16.0 Å². The van der Waals surface area contributed by atoms with Crippen molar-refractivity contribution in [2.24, 2.45) is 0 Å². The quantitative estimate of drug-likeness (QED) is 0.438. The van der Waals surface area contributed by atoms with Crippen LogP contribution in [0.3, 0.4) is 0 Å². The third-order valence-electron chi connectivity index (χ3n) is 3.56. The second kappa shape index (κ2) is 12.3. The molecule has 0 radical (unpaired) electrons. The molecule has 0 aliphatic heterocycles. The molecule has 128 valence electrons. The van der Waals surface area contributed by atoms with Crippen molar-refractivity contribution in [3.05, 3.63) is 0 Å². The summed E-state index contributed by atoms with van der Waals surface area (Å²) >= 11 is 0. The lowest BCUT2D eigenvalue weighted by molar-refractivity contribution is -0.125. The van der Waals surface area contributed by atoms with Crippen molar-refractivity contribution in [2.75, 3.05) is 20.6 Å². The van der Waals surface area contributed by atoms with Gasteiger partial charge in [0.05, 0.1) is 6.04 Å². The Morgan fingerprint density at radius 2 is 1.64 bits per heavy atom. The minimum absolute atomic E-state index is 0.0175. The van der Waals surface area contributed by atoms with Crippen LogP contribution in [-0.4, -0.2) is 50.2 Å². The molecule has 22 heavy (non-hydrogen) atoms. The van der Waals surface area contributed by atoms with Crippen molar-refractivity contribution in [1.82, 2.24) is 16.0 Å². The highest BCUT2D eigenvalue weighted by molar-refractivity contribution is 5.83. The van der Waals surface area contributed by atoms with E-state index in [-0.39, 0.29) is 36.0 Å². The van der Waals surface area contributed by atoms with E-state index in [0.29, 0.717) is 12.8 Å². The Labute approximate surface area is 133 Å². The van der Waals surface area contributed by atoms with Gasteiger partial charge in [-0.2, -0.15) is 0 Å². The Morgan fingerprint density at radius 1 is 0.955 bits per heavy atom. The normalized spacial score (nSPS) is 13.5. The number of Topliss-reactive ketones (excluding diaryl/α,β-unsaturated/α-hetero) is 2. The molecule has 0 rings (SSSR count). The van der Waals surface area contributed by atoms with E-state index in [9.17, 15) is 14.4 Å². The van der Waals surface area contributed by atoms with E-state index in [1.54, 1.807) is 7.05 Å². The van der Waals surface area contributed by atoms with Crippen molar-refractivity contribution in [3.63, 3.8) is 0 Å². The standard InChI is InChI=1S/C16H31N3O3/c1-12(20)8-9-14(11-13(2)21)19-16(22)15(18-4)7-5-6-10-17-3/h14-15,17-18H,5-11H2,1-4H3,(H,19,22). The summed E-state index contributed by atoms with van der Waals surface area (Å²) in [6.45, 7) is 3.95. The first-order chi connectivity index (χ1) is 10.4. The lowest BCUT2D eigenvalue weighted by atomic mass is 10.0. The number of amides is 1. The van der Waals surface area contributed by atoms with Gasteiger partial charge in [-0.25, -0.2) is 0 Å². The Bertz CT molecular complexity index is 359. The summed E-state index contributed by atoms with van der Waals surface area (Å²) in [5, 5.41) is 9.00. The number of carbonyl (C=O) groups excluding carboxylic acids is 3. The number of hydrogen-bond acceptors (Lipinski definition) is 5. The molecular formula is C16H31N3O3. The van der Waals surface area contributed by atoms with Gasteiger partial charge in [-0.15, -0.1) is 0 Å². The lowest BCUT2D eigenvalue weighted by Crippen LogP contribution is -2.47. The lowest BCUT2D eigenvalue weighted by Gasteiger charge is -2.22.